The minimum absolute atomic E-state index is 0.0451. The van der Waals surface area contributed by atoms with Crippen LogP contribution in [0.2, 0.25) is 0 Å². The van der Waals surface area contributed by atoms with E-state index in [1.54, 1.807) is 6.08 Å². The Morgan fingerprint density at radius 2 is 1.33 bits per heavy atom. The summed E-state index contributed by atoms with van der Waals surface area (Å²) in [5, 5.41) is 2.55. The summed E-state index contributed by atoms with van der Waals surface area (Å²) in [5.74, 6) is -0.600. The van der Waals surface area contributed by atoms with Gasteiger partial charge in [-0.1, -0.05) is 97.1 Å². The van der Waals surface area contributed by atoms with Gasteiger partial charge in [-0.15, -0.1) is 0 Å². The second-order valence-corrected chi connectivity index (χ2v) is 7.20. The first-order valence-corrected chi connectivity index (χ1v) is 10.7. The van der Waals surface area contributed by atoms with Gasteiger partial charge in [0.25, 0.3) is 0 Å². The standard InChI is InChI=1S/C27H27NO5/c29-26(32-18-10-17-22-11-4-1-5-12-22)25(21-31-19-23-13-6-2-7-14-23)28-27(30)33-20-24-15-8-3-9-16-24/h1-17,25H,18-21H2,(H,28,30)/b17-10+/t25-/m0/s1. The molecule has 3 rings (SSSR count). The Morgan fingerprint density at radius 3 is 1.97 bits per heavy atom. The van der Waals surface area contributed by atoms with Gasteiger partial charge in [-0.3, -0.25) is 0 Å². The van der Waals surface area contributed by atoms with Crippen molar-refractivity contribution in [3.63, 3.8) is 0 Å². The van der Waals surface area contributed by atoms with Crippen LogP contribution < -0.4 is 5.32 Å². The second-order valence-electron chi connectivity index (χ2n) is 7.20. The second kappa shape index (κ2) is 13.5. The molecule has 0 heterocycles. The number of hydrogen-bond donors (Lipinski definition) is 1. The normalized spacial score (nSPS) is 11.6. The number of rotatable bonds is 11. The van der Waals surface area contributed by atoms with Crippen LogP contribution in [-0.2, 0) is 32.2 Å². The third-order valence-corrected chi connectivity index (χ3v) is 4.62. The van der Waals surface area contributed by atoms with Crippen LogP contribution in [0.15, 0.2) is 97.1 Å². The molecule has 33 heavy (non-hydrogen) atoms. The SMILES string of the molecule is O=C(N[C@@H](COCc1ccccc1)C(=O)OC/C=C/c1ccccc1)OCc1ccccc1. The minimum atomic E-state index is -0.998. The lowest BCUT2D eigenvalue weighted by Gasteiger charge is -2.17. The van der Waals surface area contributed by atoms with Gasteiger partial charge in [0.05, 0.1) is 13.2 Å². The van der Waals surface area contributed by atoms with E-state index in [9.17, 15) is 9.59 Å². The number of carbonyl (C=O) groups excluding carboxylic acids is 2. The molecule has 6 nitrogen and oxygen atoms in total. The van der Waals surface area contributed by atoms with E-state index in [4.69, 9.17) is 14.2 Å². The van der Waals surface area contributed by atoms with E-state index in [0.717, 1.165) is 16.7 Å². The fraction of sp³-hybridized carbons (Fsp3) is 0.185. The molecular weight excluding hydrogens is 418 g/mol. The van der Waals surface area contributed by atoms with Gasteiger partial charge in [-0.05, 0) is 22.8 Å². The van der Waals surface area contributed by atoms with Gasteiger partial charge in [0.2, 0.25) is 0 Å². The summed E-state index contributed by atoms with van der Waals surface area (Å²) in [7, 11) is 0. The Hall–Kier alpha value is -3.90. The van der Waals surface area contributed by atoms with E-state index in [-0.39, 0.29) is 19.8 Å². The molecule has 0 spiro atoms. The van der Waals surface area contributed by atoms with Crippen molar-refractivity contribution in [3.8, 4) is 0 Å². The maximum Gasteiger partial charge on any atom is 0.408 e. The van der Waals surface area contributed by atoms with Crippen molar-refractivity contribution >= 4 is 18.1 Å². The van der Waals surface area contributed by atoms with Gasteiger partial charge < -0.3 is 19.5 Å². The molecule has 1 atom stereocenters. The number of benzene rings is 3. The number of amides is 1. The molecule has 0 unspecified atom stereocenters. The number of nitrogens with one attached hydrogen (secondary N) is 1. The average Bonchev–Trinajstić information content (AvgIpc) is 2.86. The predicted molar refractivity (Wildman–Crippen MR) is 126 cm³/mol. The van der Waals surface area contributed by atoms with Crippen LogP contribution >= 0.6 is 0 Å². The molecule has 0 aliphatic rings. The molecule has 3 aromatic carbocycles. The summed E-state index contributed by atoms with van der Waals surface area (Å²) in [6.07, 6.45) is 2.88. The fourth-order valence-electron chi connectivity index (χ4n) is 2.92. The highest BCUT2D eigenvalue weighted by Crippen LogP contribution is 2.05. The van der Waals surface area contributed by atoms with Crippen molar-refractivity contribution in [3.05, 3.63) is 114 Å². The first-order valence-electron chi connectivity index (χ1n) is 10.7. The maximum absolute atomic E-state index is 12.6. The molecule has 1 amide bonds. The molecule has 0 saturated heterocycles. The lowest BCUT2D eigenvalue weighted by Crippen LogP contribution is -2.45. The lowest BCUT2D eigenvalue weighted by atomic mass is 10.2. The van der Waals surface area contributed by atoms with Crippen molar-refractivity contribution in [1.82, 2.24) is 5.32 Å². The van der Waals surface area contributed by atoms with Crippen LogP contribution in [0.4, 0.5) is 4.79 Å². The summed E-state index contributed by atoms with van der Waals surface area (Å²) < 4.78 is 16.2. The molecular formula is C27H27NO5. The molecule has 1 N–H and O–H groups in total. The van der Waals surface area contributed by atoms with E-state index >= 15 is 0 Å². The van der Waals surface area contributed by atoms with Gasteiger partial charge >= 0.3 is 12.1 Å². The van der Waals surface area contributed by atoms with Gasteiger partial charge in [-0.2, -0.15) is 0 Å². The Bertz CT molecular complexity index is 1010. The molecule has 0 saturated carbocycles. The predicted octanol–water partition coefficient (Wildman–Crippen LogP) is 4.75. The number of ether oxygens (including phenoxy) is 3. The minimum Gasteiger partial charge on any atom is -0.460 e. The monoisotopic (exact) mass is 445 g/mol. The smallest absolute Gasteiger partial charge is 0.408 e. The summed E-state index contributed by atoms with van der Waals surface area (Å²) in [6, 6.07) is 27.5. The summed E-state index contributed by atoms with van der Waals surface area (Å²) >= 11 is 0. The number of hydrogen-bond acceptors (Lipinski definition) is 5. The number of alkyl carbamates (subject to hydrolysis) is 1. The van der Waals surface area contributed by atoms with Crippen LogP contribution in [0.3, 0.4) is 0 Å². The Morgan fingerprint density at radius 1 is 0.758 bits per heavy atom. The van der Waals surface area contributed by atoms with Crippen LogP contribution in [0, 0.1) is 0 Å². The molecule has 0 aliphatic carbocycles. The maximum atomic E-state index is 12.6. The van der Waals surface area contributed by atoms with E-state index in [2.05, 4.69) is 5.32 Å². The van der Waals surface area contributed by atoms with E-state index in [0.29, 0.717) is 6.61 Å². The van der Waals surface area contributed by atoms with Crippen LogP contribution in [0.5, 0.6) is 0 Å². The van der Waals surface area contributed by atoms with Gasteiger partial charge in [0.15, 0.2) is 6.04 Å². The zero-order valence-corrected chi connectivity index (χ0v) is 18.3. The van der Waals surface area contributed by atoms with Crippen molar-refractivity contribution in [1.29, 1.82) is 0 Å². The Kier molecular flexibility index (Phi) is 9.72. The third-order valence-electron chi connectivity index (χ3n) is 4.62. The van der Waals surface area contributed by atoms with Crippen LogP contribution in [0.1, 0.15) is 16.7 Å². The summed E-state index contributed by atoms with van der Waals surface area (Å²) in [4.78, 5) is 24.9. The molecule has 0 aromatic heterocycles. The van der Waals surface area contributed by atoms with Crippen molar-refractivity contribution < 1.29 is 23.8 Å². The molecule has 0 bridgehead atoms. The van der Waals surface area contributed by atoms with Crippen molar-refractivity contribution in [2.24, 2.45) is 0 Å². The topological polar surface area (TPSA) is 73.9 Å². The largest absolute Gasteiger partial charge is 0.460 e. The molecule has 3 aromatic rings. The summed E-state index contributed by atoms with van der Waals surface area (Å²) in [5.41, 5.74) is 2.80. The summed E-state index contributed by atoms with van der Waals surface area (Å²) in [6.45, 7) is 0.429. The first kappa shape index (κ1) is 23.8. The average molecular weight is 446 g/mol. The quantitative estimate of drug-likeness (QED) is 0.431. The van der Waals surface area contributed by atoms with Crippen LogP contribution in [-0.4, -0.2) is 31.3 Å². The highest BCUT2D eigenvalue weighted by molar-refractivity contribution is 5.81. The zero-order chi connectivity index (χ0) is 23.1. The van der Waals surface area contributed by atoms with E-state index < -0.39 is 18.1 Å². The van der Waals surface area contributed by atoms with Crippen LogP contribution in [0.25, 0.3) is 6.08 Å². The molecule has 0 radical (unpaired) electrons. The van der Waals surface area contributed by atoms with E-state index in [1.165, 1.54) is 0 Å². The Balaban J connectivity index is 1.51. The first-order chi connectivity index (χ1) is 16.2. The van der Waals surface area contributed by atoms with Crippen molar-refractivity contribution in [2.45, 2.75) is 19.3 Å². The third kappa shape index (κ3) is 9.01. The highest BCUT2D eigenvalue weighted by atomic mass is 16.6. The van der Waals surface area contributed by atoms with Gasteiger partial charge in [0.1, 0.15) is 13.2 Å². The fourth-order valence-corrected chi connectivity index (χ4v) is 2.92. The number of carbonyl (C=O) groups is 2. The number of esters is 1. The van der Waals surface area contributed by atoms with Crippen molar-refractivity contribution in [2.75, 3.05) is 13.2 Å². The van der Waals surface area contributed by atoms with Gasteiger partial charge in [0, 0.05) is 0 Å². The zero-order valence-electron chi connectivity index (χ0n) is 18.3. The highest BCUT2D eigenvalue weighted by Gasteiger charge is 2.23. The molecule has 6 heteroatoms. The lowest BCUT2D eigenvalue weighted by molar-refractivity contribution is -0.146. The van der Waals surface area contributed by atoms with E-state index in [1.807, 2.05) is 97.1 Å². The molecule has 170 valence electrons. The Labute approximate surface area is 193 Å². The van der Waals surface area contributed by atoms with Gasteiger partial charge in [-0.25, -0.2) is 9.59 Å². The molecule has 0 aliphatic heterocycles. The molecule has 0 fully saturated rings.